The average molecular weight is 515 g/mol. The first kappa shape index (κ1) is 29.9. The van der Waals surface area contributed by atoms with E-state index in [2.05, 4.69) is 26.1 Å². The van der Waals surface area contributed by atoms with Crippen molar-refractivity contribution in [2.75, 3.05) is 19.8 Å². The number of amides is 2. The monoisotopic (exact) mass is 514 g/mol. The molecule has 2 N–H and O–H groups in total. The second-order valence-corrected chi connectivity index (χ2v) is 11.4. The highest BCUT2D eigenvalue weighted by Crippen LogP contribution is 2.24. The molecule has 1 aliphatic heterocycles. The SMILES string of the molecule is CC(=O)N[C@@H](Cc1cc(F)cc(F)c1)[C@H](O)[C@H]1CO[C@@H](OCCC(C)(C)C)CN1C(=O)OC(C)(C)C. The van der Waals surface area contributed by atoms with E-state index in [0.29, 0.717) is 6.61 Å². The van der Waals surface area contributed by atoms with E-state index in [4.69, 9.17) is 14.2 Å². The van der Waals surface area contributed by atoms with Gasteiger partial charge in [-0.15, -0.1) is 0 Å². The highest BCUT2D eigenvalue weighted by Gasteiger charge is 2.42. The Balaban J connectivity index is 2.25. The van der Waals surface area contributed by atoms with Gasteiger partial charge in [-0.25, -0.2) is 13.6 Å². The largest absolute Gasteiger partial charge is 0.444 e. The number of hydrogen-bond donors (Lipinski definition) is 2. The molecular weight excluding hydrogens is 474 g/mol. The molecule has 1 aliphatic rings. The lowest BCUT2D eigenvalue weighted by Gasteiger charge is -2.43. The molecule has 1 aromatic carbocycles. The van der Waals surface area contributed by atoms with Crippen molar-refractivity contribution in [3.8, 4) is 0 Å². The summed E-state index contributed by atoms with van der Waals surface area (Å²) < 4.78 is 44.7. The zero-order valence-corrected chi connectivity index (χ0v) is 22.3. The van der Waals surface area contributed by atoms with Crippen LogP contribution in [0.2, 0.25) is 0 Å². The van der Waals surface area contributed by atoms with Gasteiger partial charge in [0.15, 0.2) is 6.29 Å². The fourth-order valence-electron chi connectivity index (χ4n) is 3.82. The van der Waals surface area contributed by atoms with E-state index in [1.165, 1.54) is 11.8 Å². The van der Waals surface area contributed by atoms with Crippen LogP contribution in [-0.2, 0) is 25.4 Å². The summed E-state index contributed by atoms with van der Waals surface area (Å²) in [7, 11) is 0. The van der Waals surface area contributed by atoms with E-state index in [0.717, 1.165) is 24.6 Å². The molecular formula is C26H40F2N2O6. The van der Waals surface area contributed by atoms with Gasteiger partial charge in [0, 0.05) is 13.0 Å². The molecule has 8 nitrogen and oxygen atoms in total. The number of nitrogens with one attached hydrogen (secondary N) is 1. The van der Waals surface area contributed by atoms with Crippen LogP contribution < -0.4 is 5.32 Å². The van der Waals surface area contributed by atoms with Gasteiger partial charge >= 0.3 is 6.09 Å². The van der Waals surface area contributed by atoms with Crippen molar-refractivity contribution >= 4 is 12.0 Å². The summed E-state index contributed by atoms with van der Waals surface area (Å²) in [5, 5.41) is 13.9. The number of nitrogens with zero attached hydrogens (tertiary/aromatic N) is 1. The summed E-state index contributed by atoms with van der Waals surface area (Å²) >= 11 is 0. The number of aliphatic hydroxyl groups excluding tert-OH is 1. The predicted molar refractivity (Wildman–Crippen MR) is 130 cm³/mol. The molecule has 2 rings (SSSR count). The molecule has 2 amide bonds. The molecule has 0 saturated carbocycles. The van der Waals surface area contributed by atoms with Crippen LogP contribution in [0.15, 0.2) is 18.2 Å². The first-order valence-corrected chi connectivity index (χ1v) is 12.2. The molecule has 1 fully saturated rings. The highest BCUT2D eigenvalue weighted by atomic mass is 19.1. The van der Waals surface area contributed by atoms with Crippen molar-refractivity contribution in [1.29, 1.82) is 0 Å². The van der Waals surface area contributed by atoms with E-state index < -0.39 is 53.7 Å². The second kappa shape index (κ2) is 12.3. The molecule has 1 heterocycles. The van der Waals surface area contributed by atoms with Crippen molar-refractivity contribution in [2.45, 2.75) is 91.4 Å². The summed E-state index contributed by atoms with van der Waals surface area (Å²) in [6.07, 6.45) is -2.01. The van der Waals surface area contributed by atoms with Crippen LogP contribution >= 0.6 is 0 Å². The first-order chi connectivity index (χ1) is 16.5. The van der Waals surface area contributed by atoms with Gasteiger partial charge in [-0.05, 0) is 56.7 Å². The normalized spacial score (nSPS) is 20.6. The van der Waals surface area contributed by atoms with E-state index in [-0.39, 0.29) is 30.6 Å². The van der Waals surface area contributed by atoms with E-state index in [9.17, 15) is 23.5 Å². The van der Waals surface area contributed by atoms with Gasteiger partial charge in [0.05, 0.1) is 37.9 Å². The van der Waals surface area contributed by atoms with Crippen molar-refractivity contribution in [3.63, 3.8) is 0 Å². The van der Waals surface area contributed by atoms with Crippen LogP contribution in [0, 0.1) is 17.0 Å². The Morgan fingerprint density at radius 2 is 1.78 bits per heavy atom. The molecule has 204 valence electrons. The van der Waals surface area contributed by atoms with Crippen LogP contribution in [0.25, 0.3) is 0 Å². The van der Waals surface area contributed by atoms with Gasteiger partial charge in [0.25, 0.3) is 0 Å². The van der Waals surface area contributed by atoms with Crippen LogP contribution in [0.4, 0.5) is 13.6 Å². The molecule has 0 aromatic heterocycles. The summed E-state index contributed by atoms with van der Waals surface area (Å²) in [6, 6.07) is 1.14. The quantitative estimate of drug-likeness (QED) is 0.548. The third-order valence-corrected chi connectivity index (χ3v) is 5.56. The van der Waals surface area contributed by atoms with Gasteiger partial charge in [-0.3, -0.25) is 9.69 Å². The minimum atomic E-state index is -1.33. The molecule has 4 atom stereocenters. The first-order valence-electron chi connectivity index (χ1n) is 12.2. The number of aliphatic hydroxyl groups is 1. The molecule has 1 aromatic rings. The maximum Gasteiger partial charge on any atom is 0.410 e. The maximum atomic E-state index is 13.7. The number of rotatable bonds is 8. The number of halogens is 2. The number of hydrogen-bond acceptors (Lipinski definition) is 6. The molecule has 0 unspecified atom stereocenters. The fourth-order valence-corrected chi connectivity index (χ4v) is 3.82. The Morgan fingerprint density at radius 3 is 2.31 bits per heavy atom. The highest BCUT2D eigenvalue weighted by molar-refractivity contribution is 5.73. The molecule has 10 heteroatoms. The minimum absolute atomic E-state index is 0.00215. The summed E-state index contributed by atoms with van der Waals surface area (Å²) in [5.41, 5.74) is -0.488. The van der Waals surface area contributed by atoms with Crippen molar-refractivity contribution in [2.24, 2.45) is 5.41 Å². The Morgan fingerprint density at radius 1 is 1.17 bits per heavy atom. The Kier molecular flexibility index (Phi) is 10.2. The smallest absolute Gasteiger partial charge is 0.410 e. The Bertz CT molecular complexity index is 879. The number of benzene rings is 1. The lowest BCUT2D eigenvalue weighted by atomic mass is 9.93. The Hall–Kier alpha value is -2.30. The zero-order valence-electron chi connectivity index (χ0n) is 22.3. The van der Waals surface area contributed by atoms with Gasteiger partial charge < -0.3 is 24.6 Å². The molecule has 0 radical (unpaired) electrons. The molecule has 0 aliphatic carbocycles. The fraction of sp³-hybridized carbons (Fsp3) is 0.692. The standard InChI is InChI=1S/C26H40F2N2O6/c1-16(31)29-20(12-17-10-18(27)13-19(28)11-17)23(32)21-15-35-22(34-9-8-25(2,3)4)14-30(21)24(33)36-26(5,6)7/h10-11,13,20-23,32H,8-9,12,14-15H2,1-7H3,(H,29,31)/t20-,21+,22+,23-/m0/s1. The van der Waals surface area contributed by atoms with Gasteiger partial charge in [0.2, 0.25) is 5.91 Å². The van der Waals surface area contributed by atoms with Gasteiger partial charge in [-0.2, -0.15) is 0 Å². The summed E-state index contributed by atoms with van der Waals surface area (Å²) in [4.78, 5) is 26.3. The van der Waals surface area contributed by atoms with Crippen molar-refractivity contribution < 1.29 is 37.7 Å². The maximum absolute atomic E-state index is 13.7. The summed E-state index contributed by atoms with van der Waals surface area (Å²) in [5.74, 6) is -1.99. The van der Waals surface area contributed by atoms with Gasteiger partial charge in [0.1, 0.15) is 17.2 Å². The van der Waals surface area contributed by atoms with Gasteiger partial charge in [-0.1, -0.05) is 20.8 Å². The number of morpholine rings is 1. The second-order valence-electron chi connectivity index (χ2n) is 11.4. The number of carbonyl (C=O) groups excluding carboxylic acids is 2. The predicted octanol–water partition coefficient (Wildman–Crippen LogP) is 3.79. The summed E-state index contributed by atoms with van der Waals surface area (Å²) in [6.45, 7) is 13.1. The lowest BCUT2D eigenvalue weighted by Crippen LogP contribution is -2.62. The van der Waals surface area contributed by atoms with Crippen molar-refractivity contribution in [1.82, 2.24) is 10.2 Å². The minimum Gasteiger partial charge on any atom is -0.444 e. The zero-order chi connectivity index (χ0) is 27.3. The molecule has 0 spiro atoms. The molecule has 1 saturated heterocycles. The van der Waals surface area contributed by atoms with Crippen LogP contribution in [0.3, 0.4) is 0 Å². The topological polar surface area (TPSA) is 97.3 Å². The van der Waals surface area contributed by atoms with Crippen LogP contribution in [0.5, 0.6) is 0 Å². The number of ether oxygens (including phenoxy) is 3. The third kappa shape index (κ3) is 9.99. The van der Waals surface area contributed by atoms with E-state index in [1.54, 1.807) is 20.8 Å². The van der Waals surface area contributed by atoms with Crippen LogP contribution in [-0.4, -0.2) is 71.8 Å². The third-order valence-electron chi connectivity index (χ3n) is 5.56. The molecule has 36 heavy (non-hydrogen) atoms. The van der Waals surface area contributed by atoms with Crippen LogP contribution in [0.1, 0.15) is 60.5 Å². The van der Waals surface area contributed by atoms with E-state index >= 15 is 0 Å². The number of carbonyl (C=O) groups is 2. The Labute approximate surface area is 212 Å². The van der Waals surface area contributed by atoms with Crippen molar-refractivity contribution in [3.05, 3.63) is 35.4 Å². The average Bonchev–Trinajstić information content (AvgIpc) is 2.69. The molecule has 0 bridgehead atoms. The lowest BCUT2D eigenvalue weighted by molar-refractivity contribution is -0.204. The van der Waals surface area contributed by atoms with E-state index in [1.807, 2.05) is 0 Å².